The van der Waals surface area contributed by atoms with Gasteiger partial charge in [0.15, 0.2) is 15.7 Å². The molecule has 9 nitrogen and oxygen atoms in total. The summed E-state index contributed by atoms with van der Waals surface area (Å²) in [5.41, 5.74) is -1.93. The van der Waals surface area contributed by atoms with Crippen LogP contribution in [0.25, 0.3) is 0 Å². The van der Waals surface area contributed by atoms with Gasteiger partial charge in [0.05, 0.1) is 33.3 Å². The summed E-state index contributed by atoms with van der Waals surface area (Å²) in [6, 6.07) is 4.12. The molecule has 0 saturated carbocycles. The standard InChI is InChI=1S/C22H20Cl2F3N5O4S/c1-11-6-12(23)7-13(19(33)30-21(2)9-37(35,36)10-21)17(11)29-20(34)15-8-16(22(25,26)27)31-32(15)18-14(24)4-3-5-28-18/h3-7,15H,8-10H2,1-2H3,(H,29,34)(H,30,33). The molecule has 0 spiro atoms. The Morgan fingerprint density at radius 3 is 2.49 bits per heavy atom. The van der Waals surface area contributed by atoms with Crippen LogP contribution in [0.4, 0.5) is 24.7 Å². The second-order valence-corrected chi connectivity index (χ2v) is 12.0. The largest absolute Gasteiger partial charge is 0.431 e. The fraction of sp³-hybridized carbons (Fsp3) is 0.364. The van der Waals surface area contributed by atoms with Crippen molar-refractivity contribution < 1.29 is 31.2 Å². The van der Waals surface area contributed by atoms with Crippen LogP contribution >= 0.6 is 23.2 Å². The summed E-state index contributed by atoms with van der Waals surface area (Å²) in [6.45, 7) is 3.11. The van der Waals surface area contributed by atoms with E-state index in [1.54, 1.807) is 13.8 Å². The molecule has 2 aliphatic heterocycles. The number of sulfone groups is 1. The third-order valence-corrected chi connectivity index (χ3v) is 8.45. The molecule has 15 heteroatoms. The van der Waals surface area contributed by atoms with Crippen molar-refractivity contribution in [1.29, 1.82) is 0 Å². The number of alkyl halides is 3. The average Bonchev–Trinajstić information content (AvgIpc) is 3.20. The maximum Gasteiger partial charge on any atom is 0.431 e. The van der Waals surface area contributed by atoms with Gasteiger partial charge in [-0.15, -0.1) is 0 Å². The second-order valence-electron chi connectivity index (χ2n) is 9.10. The number of hydrazone groups is 1. The van der Waals surface area contributed by atoms with E-state index in [1.807, 2.05) is 0 Å². The number of anilines is 2. The van der Waals surface area contributed by atoms with Crippen LogP contribution in [0.15, 0.2) is 35.6 Å². The van der Waals surface area contributed by atoms with Crippen LogP contribution in [0, 0.1) is 6.92 Å². The third kappa shape index (κ3) is 5.68. The lowest BCUT2D eigenvalue weighted by atomic mass is 10.0. The van der Waals surface area contributed by atoms with Crippen LogP contribution in [0.1, 0.15) is 29.3 Å². The topological polar surface area (TPSA) is 121 Å². The Hall–Kier alpha value is -2.90. The highest BCUT2D eigenvalue weighted by atomic mass is 35.5. The van der Waals surface area contributed by atoms with Crippen LogP contribution in [-0.4, -0.2) is 60.2 Å². The highest BCUT2D eigenvalue weighted by Gasteiger charge is 2.47. The molecule has 1 aromatic heterocycles. The number of nitrogens with one attached hydrogen (secondary N) is 2. The summed E-state index contributed by atoms with van der Waals surface area (Å²) in [6.07, 6.45) is -4.29. The van der Waals surface area contributed by atoms with E-state index in [0.717, 1.165) is 5.01 Å². The molecule has 1 fully saturated rings. The van der Waals surface area contributed by atoms with Crippen molar-refractivity contribution in [3.05, 3.63) is 51.6 Å². The molecule has 2 amide bonds. The Morgan fingerprint density at radius 1 is 1.22 bits per heavy atom. The van der Waals surface area contributed by atoms with Crippen molar-refractivity contribution in [2.45, 2.75) is 38.0 Å². The van der Waals surface area contributed by atoms with Gasteiger partial charge in [0.2, 0.25) is 5.91 Å². The van der Waals surface area contributed by atoms with Crippen molar-refractivity contribution in [2.75, 3.05) is 21.8 Å². The number of amides is 2. The number of nitrogens with zero attached hydrogens (tertiary/aromatic N) is 3. The lowest BCUT2D eigenvalue weighted by Crippen LogP contribution is -2.63. The predicted octanol–water partition coefficient (Wildman–Crippen LogP) is 3.75. The minimum absolute atomic E-state index is 0.00482. The molecule has 198 valence electrons. The zero-order valence-corrected chi connectivity index (χ0v) is 21.7. The first-order valence-corrected chi connectivity index (χ1v) is 13.3. The molecular weight excluding hydrogens is 558 g/mol. The summed E-state index contributed by atoms with van der Waals surface area (Å²) in [7, 11) is -3.26. The van der Waals surface area contributed by atoms with Gasteiger partial charge in [-0.3, -0.25) is 9.59 Å². The van der Waals surface area contributed by atoms with E-state index in [2.05, 4.69) is 20.7 Å². The number of benzene rings is 1. The van der Waals surface area contributed by atoms with Gasteiger partial charge in [-0.25, -0.2) is 18.4 Å². The number of carbonyl (C=O) groups excluding carboxylic acids is 2. The molecule has 1 aromatic carbocycles. The first-order chi connectivity index (χ1) is 17.1. The van der Waals surface area contributed by atoms with Crippen molar-refractivity contribution in [3.8, 4) is 0 Å². The van der Waals surface area contributed by atoms with E-state index in [-0.39, 0.29) is 38.6 Å². The number of rotatable bonds is 5. The predicted molar refractivity (Wildman–Crippen MR) is 133 cm³/mol. The second kappa shape index (κ2) is 9.44. The zero-order valence-electron chi connectivity index (χ0n) is 19.4. The Morgan fingerprint density at radius 2 is 1.89 bits per heavy atom. The summed E-state index contributed by atoms with van der Waals surface area (Å²) < 4.78 is 63.7. The number of pyridine rings is 1. The van der Waals surface area contributed by atoms with Gasteiger partial charge in [-0.2, -0.15) is 18.3 Å². The summed E-state index contributed by atoms with van der Waals surface area (Å²) in [5.74, 6) is -2.27. The van der Waals surface area contributed by atoms with Crippen molar-refractivity contribution >= 4 is 62.1 Å². The first kappa shape index (κ1) is 27.1. The van der Waals surface area contributed by atoms with Crippen LogP contribution in [-0.2, 0) is 14.6 Å². The van der Waals surface area contributed by atoms with Gasteiger partial charge in [0, 0.05) is 17.6 Å². The minimum Gasteiger partial charge on any atom is -0.345 e. The molecule has 2 N–H and O–H groups in total. The van der Waals surface area contributed by atoms with Crippen LogP contribution in [0.5, 0.6) is 0 Å². The Balaban J connectivity index is 1.65. The van der Waals surface area contributed by atoms with Crippen LogP contribution < -0.4 is 15.6 Å². The lowest BCUT2D eigenvalue weighted by molar-refractivity contribution is -0.117. The fourth-order valence-corrected chi connectivity index (χ4v) is 6.75. The molecule has 0 bridgehead atoms. The molecule has 1 saturated heterocycles. The molecule has 0 radical (unpaired) electrons. The summed E-state index contributed by atoms with van der Waals surface area (Å²) >= 11 is 12.2. The van der Waals surface area contributed by atoms with Gasteiger partial charge in [-0.1, -0.05) is 23.2 Å². The molecule has 3 heterocycles. The number of hydrogen-bond donors (Lipinski definition) is 2. The van der Waals surface area contributed by atoms with Gasteiger partial charge in [-0.05, 0) is 43.7 Å². The van der Waals surface area contributed by atoms with E-state index < -0.39 is 51.5 Å². The van der Waals surface area contributed by atoms with E-state index in [9.17, 15) is 31.2 Å². The Bertz CT molecular complexity index is 1420. The minimum atomic E-state index is -4.80. The third-order valence-electron chi connectivity index (χ3n) is 5.78. The maximum atomic E-state index is 13.5. The SMILES string of the molecule is Cc1cc(Cl)cc(C(=O)NC2(C)CS(=O)(=O)C2)c1NC(=O)C1CC(C(F)(F)F)=NN1c1ncccc1Cl. The average molecular weight is 578 g/mol. The molecule has 1 atom stereocenters. The summed E-state index contributed by atoms with van der Waals surface area (Å²) in [4.78, 5) is 30.4. The highest BCUT2D eigenvalue weighted by Crippen LogP contribution is 2.35. The number of halogens is 5. The molecule has 0 aliphatic carbocycles. The zero-order chi connectivity index (χ0) is 27.3. The Labute approximate surface area is 219 Å². The first-order valence-electron chi connectivity index (χ1n) is 10.8. The fourth-order valence-electron chi connectivity index (χ4n) is 4.26. The van der Waals surface area contributed by atoms with E-state index in [0.29, 0.717) is 5.56 Å². The van der Waals surface area contributed by atoms with E-state index >= 15 is 0 Å². The smallest absolute Gasteiger partial charge is 0.345 e. The number of aryl methyl sites for hydroxylation is 1. The molecule has 37 heavy (non-hydrogen) atoms. The van der Waals surface area contributed by atoms with Crippen molar-refractivity contribution in [2.24, 2.45) is 5.10 Å². The van der Waals surface area contributed by atoms with Gasteiger partial charge in [0.25, 0.3) is 5.91 Å². The molecule has 4 rings (SSSR count). The maximum absolute atomic E-state index is 13.5. The van der Waals surface area contributed by atoms with E-state index in [1.165, 1.54) is 30.5 Å². The number of carbonyl (C=O) groups is 2. The lowest BCUT2D eigenvalue weighted by Gasteiger charge is -2.38. The molecule has 1 unspecified atom stereocenters. The van der Waals surface area contributed by atoms with Crippen molar-refractivity contribution in [1.82, 2.24) is 10.3 Å². The van der Waals surface area contributed by atoms with Crippen molar-refractivity contribution in [3.63, 3.8) is 0 Å². The normalized spacial score (nSPS) is 20.1. The van der Waals surface area contributed by atoms with Crippen LogP contribution in [0.2, 0.25) is 10.0 Å². The van der Waals surface area contributed by atoms with Gasteiger partial charge in [0.1, 0.15) is 11.8 Å². The van der Waals surface area contributed by atoms with Gasteiger partial charge >= 0.3 is 6.18 Å². The molecule has 2 aliphatic rings. The van der Waals surface area contributed by atoms with Gasteiger partial charge < -0.3 is 10.6 Å². The molecular formula is C22H20Cl2F3N5O4S. The quantitative estimate of drug-likeness (QED) is 0.558. The number of aromatic nitrogens is 1. The molecule has 2 aromatic rings. The number of hydrogen-bond acceptors (Lipinski definition) is 7. The Kier molecular flexibility index (Phi) is 6.93. The monoisotopic (exact) mass is 577 g/mol. The van der Waals surface area contributed by atoms with Crippen LogP contribution in [0.3, 0.4) is 0 Å². The van der Waals surface area contributed by atoms with E-state index in [4.69, 9.17) is 23.2 Å². The summed E-state index contributed by atoms with van der Waals surface area (Å²) in [5, 5.41) is 9.68. The highest BCUT2D eigenvalue weighted by molar-refractivity contribution is 7.93.